The molecule has 0 unspecified atom stereocenters. The highest BCUT2D eigenvalue weighted by Crippen LogP contribution is 2.29. The average molecular weight is 437 g/mol. The second kappa shape index (κ2) is 10.7. The summed E-state index contributed by atoms with van der Waals surface area (Å²) in [6.07, 6.45) is 1.78. The molecule has 0 radical (unpaired) electrons. The summed E-state index contributed by atoms with van der Waals surface area (Å²) < 4.78 is 17.3. The monoisotopic (exact) mass is 436 g/mol. The van der Waals surface area contributed by atoms with E-state index in [1.165, 1.54) is 0 Å². The van der Waals surface area contributed by atoms with Crippen molar-refractivity contribution in [2.45, 2.75) is 45.9 Å². The third-order valence-electron chi connectivity index (χ3n) is 4.85. The molecule has 0 saturated carbocycles. The highest BCUT2D eigenvalue weighted by molar-refractivity contribution is 5.79. The molecular formula is C25H32N4O3. The van der Waals surface area contributed by atoms with Crippen LogP contribution in [0.15, 0.2) is 64.1 Å². The van der Waals surface area contributed by atoms with Gasteiger partial charge in [0.05, 0.1) is 19.9 Å². The van der Waals surface area contributed by atoms with Crippen molar-refractivity contribution in [1.29, 1.82) is 0 Å². The van der Waals surface area contributed by atoms with Gasteiger partial charge in [-0.3, -0.25) is 4.99 Å². The molecule has 0 amide bonds. The Labute approximate surface area is 189 Å². The van der Waals surface area contributed by atoms with E-state index in [9.17, 15) is 0 Å². The molecule has 32 heavy (non-hydrogen) atoms. The summed E-state index contributed by atoms with van der Waals surface area (Å²) in [7, 11) is 3.37. The van der Waals surface area contributed by atoms with Crippen LogP contribution in [0.5, 0.6) is 11.5 Å². The number of guanidine groups is 1. The van der Waals surface area contributed by atoms with Crippen LogP contribution >= 0.6 is 0 Å². The lowest BCUT2D eigenvalue weighted by Gasteiger charge is -2.14. The Balaban J connectivity index is 1.53. The zero-order valence-corrected chi connectivity index (χ0v) is 19.4. The van der Waals surface area contributed by atoms with Crippen molar-refractivity contribution in [1.82, 2.24) is 15.6 Å². The molecule has 3 rings (SSSR count). The molecule has 0 aliphatic carbocycles. The maximum absolute atomic E-state index is 5.93. The summed E-state index contributed by atoms with van der Waals surface area (Å²) in [4.78, 5) is 8.60. The number of nitrogens with one attached hydrogen (secondary N) is 2. The number of nitrogens with zero attached hydrogens (tertiary/aromatic N) is 2. The van der Waals surface area contributed by atoms with Crippen molar-refractivity contribution >= 4 is 5.96 Å². The van der Waals surface area contributed by atoms with Gasteiger partial charge in [-0.1, -0.05) is 57.2 Å². The van der Waals surface area contributed by atoms with Crippen molar-refractivity contribution in [3.05, 3.63) is 77.5 Å². The first-order valence-corrected chi connectivity index (χ1v) is 10.6. The van der Waals surface area contributed by atoms with E-state index in [1.54, 1.807) is 20.4 Å². The standard InChI is InChI=1S/C25H32N4O3/c1-25(2,3)22-15-27-23(32-22)16-29-24(26-4)28-14-19-11-12-20(21(13-19)30-5)31-17-18-9-7-6-8-10-18/h6-13,15H,14,16-17H2,1-5H3,(H2,26,28,29). The van der Waals surface area contributed by atoms with Gasteiger partial charge in [0.1, 0.15) is 12.4 Å². The third-order valence-corrected chi connectivity index (χ3v) is 4.85. The molecule has 1 aromatic heterocycles. The normalized spacial score (nSPS) is 11.8. The lowest BCUT2D eigenvalue weighted by Crippen LogP contribution is -2.36. The number of oxazole rings is 1. The van der Waals surface area contributed by atoms with E-state index in [1.807, 2.05) is 48.5 Å². The molecule has 2 N–H and O–H groups in total. The SMILES string of the molecule is CN=C(NCc1ccc(OCc2ccccc2)c(OC)c1)NCc1ncc(C(C)(C)C)o1. The predicted molar refractivity (Wildman–Crippen MR) is 126 cm³/mol. The summed E-state index contributed by atoms with van der Waals surface area (Å²) in [5.41, 5.74) is 2.08. The molecule has 7 nitrogen and oxygen atoms in total. The van der Waals surface area contributed by atoms with Crippen LogP contribution in [0.4, 0.5) is 0 Å². The van der Waals surface area contributed by atoms with Gasteiger partial charge in [-0.25, -0.2) is 4.98 Å². The largest absolute Gasteiger partial charge is 0.493 e. The third kappa shape index (κ3) is 6.51. The molecule has 0 spiro atoms. The Morgan fingerprint density at radius 1 is 1.00 bits per heavy atom. The fourth-order valence-corrected chi connectivity index (χ4v) is 2.98. The van der Waals surface area contributed by atoms with Crippen LogP contribution in [0.3, 0.4) is 0 Å². The van der Waals surface area contributed by atoms with Crippen LogP contribution in [0.1, 0.15) is 43.5 Å². The summed E-state index contributed by atoms with van der Waals surface area (Å²) in [5, 5.41) is 6.52. The van der Waals surface area contributed by atoms with Crippen molar-refractivity contribution in [2.75, 3.05) is 14.2 Å². The zero-order valence-electron chi connectivity index (χ0n) is 19.4. The molecule has 0 aliphatic heterocycles. The maximum Gasteiger partial charge on any atom is 0.213 e. The molecular weight excluding hydrogens is 404 g/mol. The van der Waals surface area contributed by atoms with E-state index in [4.69, 9.17) is 13.9 Å². The Morgan fingerprint density at radius 2 is 1.75 bits per heavy atom. The quantitative estimate of drug-likeness (QED) is 0.402. The smallest absolute Gasteiger partial charge is 0.213 e. The van der Waals surface area contributed by atoms with Crippen molar-refractivity contribution in [2.24, 2.45) is 4.99 Å². The Bertz CT molecular complexity index is 1020. The number of benzene rings is 2. The number of aliphatic imine (C=N–C) groups is 1. The number of rotatable bonds is 8. The number of hydrogen-bond donors (Lipinski definition) is 2. The Morgan fingerprint density at radius 3 is 2.41 bits per heavy atom. The van der Waals surface area contributed by atoms with Crippen LogP contribution in [-0.4, -0.2) is 25.1 Å². The van der Waals surface area contributed by atoms with E-state index in [-0.39, 0.29) is 5.41 Å². The minimum absolute atomic E-state index is 0.0682. The van der Waals surface area contributed by atoms with Gasteiger partial charge in [0.15, 0.2) is 17.5 Å². The number of aromatic nitrogens is 1. The first-order chi connectivity index (χ1) is 15.4. The topological polar surface area (TPSA) is 80.9 Å². The average Bonchev–Trinajstić information content (AvgIpc) is 3.28. The van der Waals surface area contributed by atoms with Crippen LogP contribution in [-0.2, 0) is 25.1 Å². The van der Waals surface area contributed by atoms with Crippen molar-refractivity contribution in [3.8, 4) is 11.5 Å². The molecule has 0 aliphatic rings. The highest BCUT2D eigenvalue weighted by Gasteiger charge is 2.19. The highest BCUT2D eigenvalue weighted by atomic mass is 16.5. The van der Waals surface area contributed by atoms with Gasteiger partial charge in [-0.2, -0.15) is 0 Å². The number of methoxy groups -OCH3 is 1. The van der Waals surface area contributed by atoms with E-state index in [0.717, 1.165) is 16.9 Å². The summed E-state index contributed by atoms with van der Waals surface area (Å²) in [6.45, 7) is 7.80. The van der Waals surface area contributed by atoms with Gasteiger partial charge in [0, 0.05) is 19.0 Å². The van der Waals surface area contributed by atoms with Gasteiger partial charge in [0.25, 0.3) is 0 Å². The van der Waals surface area contributed by atoms with Crippen molar-refractivity contribution in [3.63, 3.8) is 0 Å². The first kappa shape index (κ1) is 23.2. The van der Waals surface area contributed by atoms with E-state index >= 15 is 0 Å². The van der Waals surface area contributed by atoms with Crippen LogP contribution in [0, 0.1) is 0 Å². The molecule has 0 bridgehead atoms. The molecule has 2 aromatic carbocycles. The molecule has 170 valence electrons. The summed E-state index contributed by atoms with van der Waals surface area (Å²) >= 11 is 0. The molecule has 0 atom stereocenters. The summed E-state index contributed by atoms with van der Waals surface area (Å²) in [6, 6.07) is 15.9. The van der Waals surface area contributed by atoms with Crippen molar-refractivity contribution < 1.29 is 13.9 Å². The zero-order chi connectivity index (χ0) is 23.0. The van der Waals surface area contributed by atoms with Gasteiger partial charge < -0.3 is 24.5 Å². The maximum atomic E-state index is 5.93. The second-order valence-corrected chi connectivity index (χ2v) is 8.41. The molecule has 7 heteroatoms. The van der Waals surface area contributed by atoms with Crippen LogP contribution < -0.4 is 20.1 Å². The summed E-state index contributed by atoms with van der Waals surface area (Å²) in [5.74, 6) is 3.54. The fraction of sp³-hybridized carbons (Fsp3) is 0.360. The van der Waals surface area contributed by atoms with E-state index < -0.39 is 0 Å². The molecule has 0 saturated heterocycles. The van der Waals surface area contributed by atoms with Gasteiger partial charge in [0.2, 0.25) is 5.89 Å². The van der Waals surface area contributed by atoms with E-state index in [0.29, 0.717) is 43.0 Å². The Kier molecular flexibility index (Phi) is 7.76. The first-order valence-electron chi connectivity index (χ1n) is 10.6. The lowest BCUT2D eigenvalue weighted by atomic mass is 9.94. The minimum Gasteiger partial charge on any atom is -0.493 e. The fourth-order valence-electron chi connectivity index (χ4n) is 2.98. The number of hydrogen-bond acceptors (Lipinski definition) is 5. The van der Waals surface area contributed by atoms with Gasteiger partial charge in [-0.05, 0) is 23.3 Å². The van der Waals surface area contributed by atoms with Gasteiger partial charge in [-0.15, -0.1) is 0 Å². The molecule has 0 fully saturated rings. The second-order valence-electron chi connectivity index (χ2n) is 8.41. The Hall–Kier alpha value is -3.48. The number of ether oxygens (including phenoxy) is 2. The van der Waals surface area contributed by atoms with Crippen LogP contribution in [0.2, 0.25) is 0 Å². The minimum atomic E-state index is -0.0682. The van der Waals surface area contributed by atoms with Gasteiger partial charge >= 0.3 is 0 Å². The molecule has 3 aromatic rings. The molecule has 1 heterocycles. The van der Waals surface area contributed by atoms with E-state index in [2.05, 4.69) is 41.4 Å². The van der Waals surface area contributed by atoms with Crippen LogP contribution in [0.25, 0.3) is 0 Å². The predicted octanol–water partition coefficient (Wildman–Crippen LogP) is 4.42. The lowest BCUT2D eigenvalue weighted by molar-refractivity contribution is 0.284.